The van der Waals surface area contributed by atoms with Gasteiger partial charge in [0.15, 0.2) is 5.11 Å². The second-order valence-electron chi connectivity index (χ2n) is 7.96. The van der Waals surface area contributed by atoms with Crippen molar-refractivity contribution in [1.29, 1.82) is 0 Å². The van der Waals surface area contributed by atoms with Crippen molar-refractivity contribution in [3.63, 3.8) is 0 Å². The van der Waals surface area contributed by atoms with E-state index in [1.54, 1.807) is 7.11 Å². The molecule has 32 heavy (non-hydrogen) atoms. The highest BCUT2D eigenvalue weighted by Gasteiger charge is 2.31. The predicted octanol–water partition coefficient (Wildman–Crippen LogP) is 5.74. The lowest BCUT2D eigenvalue weighted by Gasteiger charge is -2.33. The number of rotatable bonds is 5. The van der Waals surface area contributed by atoms with Crippen molar-refractivity contribution in [2.75, 3.05) is 12.4 Å². The lowest BCUT2D eigenvalue weighted by atomic mass is 9.92. The maximum atomic E-state index is 6.08. The van der Waals surface area contributed by atoms with Crippen LogP contribution >= 0.6 is 12.2 Å². The molecule has 0 radical (unpaired) electrons. The summed E-state index contributed by atoms with van der Waals surface area (Å²) in [5, 5.41) is 8.10. The first-order chi connectivity index (χ1) is 15.4. The number of hydrogen-bond acceptors (Lipinski definition) is 5. The molecule has 0 bridgehead atoms. The highest BCUT2D eigenvalue weighted by Crippen LogP contribution is 2.35. The molecule has 0 aromatic heterocycles. The minimum absolute atomic E-state index is 0.369. The Bertz CT molecular complexity index is 1130. The second kappa shape index (κ2) is 9.28. The third kappa shape index (κ3) is 5.36. The Morgan fingerprint density at radius 3 is 2.38 bits per heavy atom. The summed E-state index contributed by atoms with van der Waals surface area (Å²) in [6, 6.07) is 22.9. The van der Waals surface area contributed by atoms with Crippen LogP contribution in [0.3, 0.4) is 0 Å². The number of thiocarbonyl (C=S) groups is 1. The Balaban J connectivity index is 1.42. The minimum atomic E-state index is -0.369. The van der Waals surface area contributed by atoms with Crippen molar-refractivity contribution in [2.24, 2.45) is 5.10 Å². The van der Waals surface area contributed by atoms with Gasteiger partial charge in [0.05, 0.1) is 12.8 Å². The van der Waals surface area contributed by atoms with Gasteiger partial charge in [-0.1, -0.05) is 18.2 Å². The summed E-state index contributed by atoms with van der Waals surface area (Å²) in [6.45, 7) is 4.07. The van der Waals surface area contributed by atoms with Gasteiger partial charge in [-0.2, -0.15) is 5.10 Å². The normalized spacial score (nSPS) is 15.3. The number of benzene rings is 3. The number of ether oxygens (including phenoxy) is 3. The molecule has 6 nitrogen and oxygen atoms in total. The quantitative estimate of drug-likeness (QED) is 0.384. The molecule has 4 rings (SSSR count). The zero-order valence-electron chi connectivity index (χ0n) is 18.2. The first-order valence-corrected chi connectivity index (χ1v) is 10.7. The zero-order valence-corrected chi connectivity index (χ0v) is 19.0. The molecular formula is C25H25N3O3S. The van der Waals surface area contributed by atoms with Crippen LogP contribution in [0, 0.1) is 0 Å². The van der Waals surface area contributed by atoms with Crippen molar-refractivity contribution in [3.8, 4) is 23.0 Å². The number of nitrogens with one attached hydrogen (secondary N) is 2. The minimum Gasteiger partial charge on any atom is -0.497 e. The van der Waals surface area contributed by atoms with Crippen LogP contribution in [0.15, 0.2) is 77.9 Å². The summed E-state index contributed by atoms with van der Waals surface area (Å²) in [6.07, 6.45) is 0.633. The highest BCUT2D eigenvalue weighted by molar-refractivity contribution is 7.80. The smallest absolute Gasteiger partial charge is 0.191 e. The van der Waals surface area contributed by atoms with Gasteiger partial charge in [-0.15, -0.1) is 0 Å². The van der Waals surface area contributed by atoms with Crippen molar-refractivity contribution in [1.82, 2.24) is 5.43 Å². The number of hydrazone groups is 1. The highest BCUT2D eigenvalue weighted by atomic mass is 32.1. The average molecular weight is 448 g/mol. The summed E-state index contributed by atoms with van der Waals surface area (Å²) in [7, 11) is 1.64. The van der Waals surface area contributed by atoms with Crippen molar-refractivity contribution >= 4 is 28.7 Å². The van der Waals surface area contributed by atoms with Crippen LogP contribution in [0.25, 0.3) is 0 Å². The van der Waals surface area contributed by atoms with Gasteiger partial charge in [-0.05, 0) is 80.7 Å². The van der Waals surface area contributed by atoms with Gasteiger partial charge in [0.25, 0.3) is 0 Å². The van der Waals surface area contributed by atoms with Gasteiger partial charge in [0.1, 0.15) is 28.6 Å². The van der Waals surface area contributed by atoms with E-state index in [4.69, 9.17) is 26.4 Å². The van der Waals surface area contributed by atoms with E-state index in [2.05, 4.69) is 15.8 Å². The van der Waals surface area contributed by atoms with E-state index < -0.39 is 0 Å². The summed E-state index contributed by atoms with van der Waals surface area (Å²) >= 11 is 5.43. The van der Waals surface area contributed by atoms with E-state index in [9.17, 15) is 0 Å². The molecule has 0 amide bonds. The van der Waals surface area contributed by atoms with Crippen LogP contribution in [0.1, 0.15) is 25.8 Å². The number of para-hydroxylation sites is 1. The molecule has 1 aliphatic heterocycles. The monoisotopic (exact) mass is 447 g/mol. The van der Waals surface area contributed by atoms with Crippen LogP contribution in [0.4, 0.5) is 5.69 Å². The van der Waals surface area contributed by atoms with Crippen molar-refractivity contribution < 1.29 is 14.2 Å². The van der Waals surface area contributed by atoms with E-state index >= 15 is 0 Å². The fraction of sp³-hybridized carbons (Fsp3) is 0.200. The van der Waals surface area contributed by atoms with E-state index in [0.717, 1.165) is 40.0 Å². The van der Waals surface area contributed by atoms with E-state index in [1.807, 2.05) is 86.6 Å². The number of hydrogen-bond donors (Lipinski definition) is 2. The SMILES string of the molecule is COc1ccc2c(c1)/C(=N/NC(=S)Nc1ccc(Oc3ccccc3)cc1)CC(C)(C)O2. The first kappa shape index (κ1) is 21.6. The van der Waals surface area contributed by atoms with Crippen molar-refractivity contribution in [3.05, 3.63) is 78.4 Å². The Morgan fingerprint density at radius 1 is 0.969 bits per heavy atom. The van der Waals surface area contributed by atoms with Gasteiger partial charge in [-0.25, -0.2) is 0 Å². The average Bonchev–Trinajstić information content (AvgIpc) is 2.78. The molecule has 0 unspecified atom stereocenters. The summed E-state index contributed by atoms with van der Waals surface area (Å²) in [4.78, 5) is 0. The third-order valence-corrected chi connectivity index (χ3v) is 5.05. The molecular weight excluding hydrogens is 422 g/mol. The Morgan fingerprint density at radius 2 is 1.66 bits per heavy atom. The molecule has 0 saturated heterocycles. The standard InChI is InChI=1S/C25H25N3O3S/c1-25(2)16-22(21-15-20(29-3)13-14-23(21)31-25)27-28-24(32)26-17-9-11-19(12-10-17)30-18-7-5-4-6-8-18/h4-15H,16H2,1-3H3,(H2,26,28,32)/b27-22+. The van der Waals surface area contributed by atoms with Crippen LogP contribution in [-0.2, 0) is 0 Å². The molecule has 164 valence electrons. The van der Waals surface area contributed by atoms with Crippen LogP contribution in [0.2, 0.25) is 0 Å². The topological polar surface area (TPSA) is 64.1 Å². The van der Waals surface area contributed by atoms with Gasteiger partial charge >= 0.3 is 0 Å². The largest absolute Gasteiger partial charge is 0.497 e. The Kier molecular flexibility index (Phi) is 6.28. The molecule has 3 aromatic carbocycles. The number of anilines is 1. The molecule has 0 atom stereocenters. The van der Waals surface area contributed by atoms with Crippen LogP contribution in [0.5, 0.6) is 23.0 Å². The van der Waals surface area contributed by atoms with Crippen LogP contribution in [-0.4, -0.2) is 23.5 Å². The molecule has 1 aliphatic rings. The third-order valence-electron chi connectivity index (χ3n) is 4.86. The molecule has 0 saturated carbocycles. The zero-order chi connectivity index (χ0) is 22.6. The van der Waals surface area contributed by atoms with Gasteiger partial charge in [-0.3, -0.25) is 5.43 Å². The molecule has 3 aromatic rings. The maximum absolute atomic E-state index is 6.08. The Labute approximate surface area is 193 Å². The van der Waals surface area contributed by atoms with Crippen molar-refractivity contribution in [2.45, 2.75) is 25.9 Å². The summed E-state index contributed by atoms with van der Waals surface area (Å²) in [5.41, 5.74) is 5.16. The second-order valence-corrected chi connectivity index (χ2v) is 8.37. The van der Waals surface area contributed by atoms with Gasteiger partial charge < -0.3 is 19.5 Å². The fourth-order valence-electron chi connectivity index (χ4n) is 3.39. The fourth-order valence-corrected chi connectivity index (χ4v) is 3.55. The molecule has 2 N–H and O–H groups in total. The molecule has 1 heterocycles. The maximum Gasteiger partial charge on any atom is 0.191 e. The van der Waals surface area contributed by atoms with E-state index in [1.165, 1.54) is 0 Å². The Hall–Kier alpha value is -3.58. The molecule has 0 fully saturated rings. The summed E-state index contributed by atoms with van der Waals surface area (Å²) in [5.74, 6) is 3.06. The molecule has 7 heteroatoms. The molecule has 0 spiro atoms. The number of fused-ring (bicyclic) bond motifs is 1. The van der Waals surface area contributed by atoms with Gasteiger partial charge in [0, 0.05) is 17.7 Å². The van der Waals surface area contributed by atoms with Crippen LogP contribution < -0.4 is 25.0 Å². The predicted molar refractivity (Wildman–Crippen MR) is 131 cm³/mol. The summed E-state index contributed by atoms with van der Waals surface area (Å²) < 4.78 is 17.3. The lowest BCUT2D eigenvalue weighted by molar-refractivity contribution is 0.111. The lowest BCUT2D eigenvalue weighted by Crippen LogP contribution is -2.37. The van der Waals surface area contributed by atoms with E-state index in [-0.39, 0.29) is 5.60 Å². The molecule has 0 aliphatic carbocycles. The van der Waals surface area contributed by atoms with Gasteiger partial charge in [0.2, 0.25) is 0 Å². The number of methoxy groups -OCH3 is 1. The first-order valence-electron chi connectivity index (χ1n) is 10.3. The van der Waals surface area contributed by atoms with E-state index in [0.29, 0.717) is 11.5 Å². The number of nitrogens with zero attached hydrogens (tertiary/aromatic N) is 1.